The first-order valence-electron chi connectivity index (χ1n) is 8.37. The maximum atomic E-state index is 12.1. The van der Waals surface area contributed by atoms with Crippen molar-refractivity contribution in [2.45, 2.75) is 0 Å². The van der Waals surface area contributed by atoms with E-state index in [9.17, 15) is 14.4 Å². The number of amides is 3. The van der Waals surface area contributed by atoms with E-state index in [1.165, 1.54) is 20.3 Å². The molecule has 0 radical (unpaired) electrons. The highest BCUT2D eigenvalue weighted by molar-refractivity contribution is 9.10. The van der Waals surface area contributed by atoms with Crippen LogP contribution in [0.3, 0.4) is 0 Å². The molecule has 0 heterocycles. The largest absolute Gasteiger partial charge is 0.493 e. The molecule has 0 bridgehead atoms. The molecule has 0 aliphatic heterocycles. The number of thioether (sulfide) groups is 1. The number of rotatable bonds is 8. The summed E-state index contributed by atoms with van der Waals surface area (Å²) in [7, 11) is 2.96. The topological polar surface area (TPSA) is 106 Å². The summed E-state index contributed by atoms with van der Waals surface area (Å²) < 4.78 is 11.1. The van der Waals surface area contributed by atoms with E-state index >= 15 is 0 Å². The van der Waals surface area contributed by atoms with Gasteiger partial charge in [-0.3, -0.25) is 25.2 Å². The van der Waals surface area contributed by atoms with Gasteiger partial charge in [0.2, 0.25) is 11.8 Å². The van der Waals surface area contributed by atoms with Crippen LogP contribution in [0.1, 0.15) is 10.4 Å². The number of halogens is 1. The molecular formula is C19H20BrN3O5S. The van der Waals surface area contributed by atoms with Crippen molar-refractivity contribution in [2.75, 3.05) is 31.0 Å². The quantitative estimate of drug-likeness (QED) is 0.500. The van der Waals surface area contributed by atoms with Crippen molar-refractivity contribution in [1.29, 1.82) is 0 Å². The first-order valence-corrected chi connectivity index (χ1v) is 10.3. The Balaban J connectivity index is 1.72. The lowest BCUT2D eigenvalue weighted by atomic mass is 10.2. The fourth-order valence-corrected chi connectivity index (χ4v) is 3.23. The molecule has 29 heavy (non-hydrogen) atoms. The summed E-state index contributed by atoms with van der Waals surface area (Å²) in [6.07, 6.45) is 0. The van der Waals surface area contributed by atoms with Crippen molar-refractivity contribution >= 4 is 51.1 Å². The van der Waals surface area contributed by atoms with E-state index in [4.69, 9.17) is 9.47 Å². The van der Waals surface area contributed by atoms with Crippen LogP contribution in [0.5, 0.6) is 11.5 Å². The predicted octanol–water partition coefficient (Wildman–Crippen LogP) is 2.60. The van der Waals surface area contributed by atoms with Crippen LogP contribution in [0.25, 0.3) is 0 Å². The normalized spacial score (nSPS) is 10.0. The molecule has 0 aromatic heterocycles. The second-order valence-corrected chi connectivity index (χ2v) is 7.52. The van der Waals surface area contributed by atoms with Crippen LogP contribution in [0.15, 0.2) is 46.9 Å². The van der Waals surface area contributed by atoms with Gasteiger partial charge in [0.25, 0.3) is 5.91 Å². The molecule has 0 spiro atoms. The first kappa shape index (κ1) is 22.6. The van der Waals surface area contributed by atoms with Gasteiger partial charge in [0.05, 0.1) is 25.7 Å². The highest BCUT2D eigenvalue weighted by Crippen LogP contribution is 2.27. The van der Waals surface area contributed by atoms with Gasteiger partial charge in [0.1, 0.15) is 0 Å². The predicted molar refractivity (Wildman–Crippen MR) is 115 cm³/mol. The minimum atomic E-state index is -0.503. The number of hydrogen-bond acceptors (Lipinski definition) is 6. The Bertz CT molecular complexity index is 894. The number of benzene rings is 2. The third-order valence-electron chi connectivity index (χ3n) is 3.54. The minimum absolute atomic E-state index is 0.0120. The van der Waals surface area contributed by atoms with Crippen LogP contribution >= 0.6 is 27.7 Å². The summed E-state index contributed by atoms with van der Waals surface area (Å²) >= 11 is 4.46. The lowest BCUT2D eigenvalue weighted by Gasteiger charge is -2.10. The number of hydrazine groups is 1. The van der Waals surface area contributed by atoms with Crippen molar-refractivity contribution < 1.29 is 23.9 Å². The second kappa shape index (κ2) is 11.3. The van der Waals surface area contributed by atoms with Crippen LogP contribution in [-0.2, 0) is 9.59 Å². The van der Waals surface area contributed by atoms with Gasteiger partial charge < -0.3 is 14.8 Å². The van der Waals surface area contributed by atoms with Crippen molar-refractivity contribution in [1.82, 2.24) is 10.9 Å². The molecule has 154 valence electrons. The Morgan fingerprint density at radius 1 is 0.931 bits per heavy atom. The van der Waals surface area contributed by atoms with E-state index in [1.54, 1.807) is 30.3 Å². The lowest BCUT2D eigenvalue weighted by molar-refractivity contribution is -0.119. The number of carbonyl (C=O) groups excluding carboxylic acids is 3. The molecule has 0 fully saturated rings. The zero-order chi connectivity index (χ0) is 21.2. The molecule has 0 saturated carbocycles. The summed E-state index contributed by atoms with van der Waals surface area (Å²) in [6.45, 7) is 0. The first-order chi connectivity index (χ1) is 13.9. The van der Waals surface area contributed by atoms with E-state index in [1.807, 2.05) is 6.07 Å². The highest BCUT2D eigenvalue weighted by Gasteiger charge is 2.12. The Labute approximate surface area is 180 Å². The number of nitrogens with one attached hydrogen (secondary N) is 3. The second-order valence-electron chi connectivity index (χ2n) is 5.62. The standard InChI is InChI=1S/C19H20BrN3O5S/c1-27-15-7-6-12(8-16(15)28-2)19(26)23-22-18(25)11-29-10-17(24)21-14-5-3-4-13(20)9-14/h3-9H,10-11H2,1-2H3,(H,21,24)(H,22,25)(H,23,26). The molecule has 2 aromatic carbocycles. The van der Waals surface area contributed by atoms with Gasteiger partial charge >= 0.3 is 0 Å². The van der Waals surface area contributed by atoms with Gasteiger partial charge in [-0.2, -0.15) is 0 Å². The van der Waals surface area contributed by atoms with E-state index in [0.29, 0.717) is 22.7 Å². The summed E-state index contributed by atoms with van der Waals surface area (Å²) in [6, 6.07) is 11.8. The number of hydrogen-bond donors (Lipinski definition) is 3. The molecule has 3 amide bonds. The molecule has 3 N–H and O–H groups in total. The molecule has 8 nitrogen and oxygen atoms in total. The number of methoxy groups -OCH3 is 2. The molecule has 0 unspecified atom stereocenters. The third kappa shape index (κ3) is 7.31. The summed E-state index contributed by atoms with van der Waals surface area (Å²) in [5, 5.41) is 2.74. The van der Waals surface area contributed by atoms with E-state index < -0.39 is 11.8 Å². The van der Waals surface area contributed by atoms with Crippen molar-refractivity contribution in [3.63, 3.8) is 0 Å². The highest BCUT2D eigenvalue weighted by atomic mass is 79.9. The molecule has 10 heteroatoms. The van der Waals surface area contributed by atoms with Crippen molar-refractivity contribution in [2.24, 2.45) is 0 Å². The molecule has 0 aliphatic rings. The van der Waals surface area contributed by atoms with E-state index in [2.05, 4.69) is 32.1 Å². The molecule has 2 rings (SSSR count). The average Bonchev–Trinajstić information content (AvgIpc) is 2.71. The van der Waals surface area contributed by atoms with Gasteiger partial charge in [-0.15, -0.1) is 11.8 Å². The van der Waals surface area contributed by atoms with Gasteiger partial charge in [-0.1, -0.05) is 22.0 Å². The van der Waals surface area contributed by atoms with Crippen molar-refractivity contribution in [3.05, 3.63) is 52.5 Å². The summed E-state index contributed by atoms with van der Waals surface area (Å²) in [5.74, 6) is -0.156. The molecule has 0 atom stereocenters. The molecular weight excluding hydrogens is 462 g/mol. The molecule has 0 aliphatic carbocycles. The Kier molecular flexibility index (Phi) is 8.81. The maximum Gasteiger partial charge on any atom is 0.269 e. The Hall–Kier alpha value is -2.72. The maximum absolute atomic E-state index is 12.1. The third-order valence-corrected chi connectivity index (χ3v) is 4.96. The van der Waals surface area contributed by atoms with Crippen molar-refractivity contribution in [3.8, 4) is 11.5 Å². The smallest absolute Gasteiger partial charge is 0.269 e. The van der Waals surface area contributed by atoms with Crippen LogP contribution in [0, 0.1) is 0 Å². The van der Waals surface area contributed by atoms with Crippen LogP contribution < -0.4 is 25.6 Å². The summed E-state index contributed by atoms with van der Waals surface area (Å²) in [4.78, 5) is 35.9. The zero-order valence-electron chi connectivity index (χ0n) is 15.8. The van der Waals surface area contributed by atoms with Gasteiger partial charge in [-0.05, 0) is 36.4 Å². The summed E-state index contributed by atoms with van der Waals surface area (Å²) in [5.41, 5.74) is 5.59. The average molecular weight is 482 g/mol. The van der Waals surface area contributed by atoms with Crippen LogP contribution in [0.4, 0.5) is 5.69 Å². The molecule has 2 aromatic rings. The van der Waals surface area contributed by atoms with Gasteiger partial charge in [0, 0.05) is 15.7 Å². The monoisotopic (exact) mass is 481 g/mol. The Morgan fingerprint density at radius 3 is 2.34 bits per heavy atom. The van der Waals surface area contributed by atoms with Gasteiger partial charge in [0.15, 0.2) is 11.5 Å². The van der Waals surface area contributed by atoms with E-state index in [0.717, 1.165) is 16.2 Å². The van der Waals surface area contributed by atoms with E-state index in [-0.39, 0.29) is 17.4 Å². The minimum Gasteiger partial charge on any atom is -0.493 e. The SMILES string of the molecule is COc1ccc(C(=O)NNC(=O)CSCC(=O)Nc2cccc(Br)c2)cc1OC. The fourth-order valence-electron chi connectivity index (χ4n) is 2.21. The fraction of sp³-hybridized carbons (Fsp3) is 0.211. The number of carbonyl (C=O) groups is 3. The van der Waals surface area contributed by atoms with Crippen LogP contribution in [0.2, 0.25) is 0 Å². The number of ether oxygens (including phenoxy) is 2. The molecule has 0 saturated heterocycles. The lowest BCUT2D eigenvalue weighted by Crippen LogP contribution is -2.42. The Morgan fingerprint density at radius 2 is 1.66 bits per heavy atom. The van der Waals surface area contributed by atoms with Crippen LogP contribution in [-0.4, -0.2) is 43.4 Å². The van der Waals surface area contributed by atoms with Gasteiger partial charge in [-0.25, -0.2) is 0 Å². The number of anilines is 1. The zero-order valence-corrected chi connectivity index (χ0v) is 18.2.